The molecule has 166 valence electrons. The van der Waals surface area contributed by atoms with Gasteiger partial charge in [-0.2, -0.15) is 4.72 Å². The molecule has 9 nitrogen and oxygen atoms in total. The lowest BCUT2D eigenvalue weighted by Crippen LogP contribution is -2.15. The minimum absolute atomic E-state index is 0.266. The lowest BCUT2D eigenvalue weighted by Gasteiger charge is -2.15. The summed E-state index contributed by atoms with van der Waals surface area (Å²) in [6, 6.07) is 12.5. The fourth-order valence-electron chi connectivity index (χ4n) is 3.24. The molecule has 0 saturated carbocycles. The second-order valence-corrected chi connectivity index (χ2v) is 7.68. The van der Waals surface area contributed by atoms with Crippen molar-refractivity contribution in [3.8, 4) is 34.3 Å². The Morgan fingerprint density at radius 2 is 1.59 bits per heavy atom. The van der Waals surface area contributed by atoms with Gasteiger partial charge in [-0.25, -0.2) is 4.98 Å². The van der Waals surface area contributed by atoms with E-state index in [9.17, 15) is 4.55 Å². The molecule has 0 aliphatic carbocycles. The third kappa shape index (κ3) is 3.97. The van der Waals surface area contributed by atoms with Crippen LogP contribution in [0.2, 0.25) is 0 Å². The number of fused-ring (bicyclic) bond motifs is 1. The van der Waals surface area contributed by atoms with E-state index in [4.69, 9.17) is 23.5 Å². The van der Waals surface area contributed by atoms with Crippen molar-refractivity contribution in [2.45, 2.75) is 4.90 Å². The number of rotatable bonds is 8. The smallest absolute Gasteiger partial charge is 0.263 e. The molecule has 2 aromatic carbocycles. The zero-order chi connectivity index (χ0) is 22.7. The number of hydrogen-bond donors (Lipinski definition) is 1. The number of methoxy groups -OCH3 is 4. The maximum absolute atomic E-state index is 13.2. The van der Waals surface area contributed by atoms with Gasteiger partial charge in [0.2, 0.25) is 11.7 Å². The van der Waals surface area contributed by atoms with E-state index in [2.05, 4.69) is 14.9 Å². The maximum Gasteiger partial charge on any atom is 0.263 e. The van der Waals surface area contributed by atoms with Crippen LogP contribution in [0.3, 0.4) is 0 Å². The number of nitrogens with one attached hydrogen (secondary N) is 1. The predicted molar refractivity (Wildman–Crippen MR) is 120 cm³/mol. The Hall–Kier alpha value is -3.63. The molecule has 0 bridgehead atoms. The minimum Gasteiger partial charge on any atom is -0.588 e. The third-order valence-corrected chi connectivity index (χ3v) is 5.95. The van der Waals surface area contributed by atoms with E-state index in [0.717, 1.165) is 11.1 Å². The average molecular weight is 455 g/mol. The van der Waals surface area contributed by atoms with Gasteiger partial charge in [0.05, 0.1) is 28.4 Å². The summed E-state index contributed by atoms with van der Waals surface area (Å²) in [7, 11) is 6.10. The number of aromatic nitrogens is 2. The topological polar surface area (TPSA) is 111 Å². The maximum atomic E-state index is 13.2. The Kier molecular flexibility index (Phi) is 6.24. The summed E-state index contributed by atoms with van der Waals surface area (Å²) < 4.78 is 42.9. The lowest BCUT2D eigenvalue weighted by molar-refractivity contribution is 0.373. The summed E-state index contributed by atoms with van der Waals surface area (Å²) in [6.07, 6.45) is 1.69. The molecule has 1 atom stereocenters. The molecular weight excluding hydrogens is 434 g/mol. The highest BCUT2D eigenvalue weighted by atomic mass is 32.2. The highest BCUT2D eigenvalue weighted by Gasteiger charge is 2.27. The van der Waals surface area contributed by atoms with Crippen LogP contribution in [0.4, 0.5) is 5.82 Å². The van der Waals surface area contributed by atoms with Gasteiger partial charge in [0.15, 0.2) is 17.1 Å². The van der Waals surface area contributed by atoms with Crippen molar-refractivity contribution in [3.05, 3.63) is 48.7 Å². The highest BCUT2D eigenvalue weighted by molar-refractivity contribution is 7.93. The molecule has 0 fully saturated rings. The van der Waals surface area contributed by atoms with Crippen LogP contribution in [0.1, 0.15) is 0 Å². The summed E-state index contributed by atoms with van der Waals surface area (Å²) in [5, 5.41) is 4.62. The van der Waals surface area contributed by atoms with E-state index >= 15 is 0 Å². The molecule has 2 heterocycles. The van der Waals surface area contributed by atoms with Crippen LogP contribution >= 0.6 is 0 Å². The van der Waals surface area contributed by atoms with Crippen molar-refractivity contribution >= 4 is 28.1 Å². The lowest BCUT2D eigenvalue weighted by atomic mass is 10.1. The molecule has 0 aliphatic rings. The molecule has 4 rings (SSSR count). The first-order valence-corrected chi connectivity index (χ1v) is 10.6. The molecule has 0 amide bonds. The number of pyridine rings is 1. The first kappa shape index (κ1) is 21.6. The standard InChI is InChI=1S/C22H21N3O6S/c1-27-15-6-5-7-16(28-2)21(15)32(26)25-22-20-17(29-3)10-14(11-18(20)31-24-22)13-8-9-19(30-4)23-12-13/h5-12H,1-4H3,(H,24,25). The number of hydrogen-bond acceptors (Lipinski definition) is 9. The molecule has 0 spiro atoms. The second kappa shape index (κ2) is 9.25. The quantitative estimate of drug-likeness (QED) is 0.393. The fourth-order valence-corrected chi connectivity index (χ4v) is 4.33. The number of anilines is 1. The predicted octanol–water partition coefficient (Wildman–Crippen LogP) is 4.06. The summed E-state index contributed by atoms with van der Waals surface area (Å²) >= 11 is -1.75. The molecule has 0 aliphatic heterocycles. The van der Waals surface area contributed by atoms with E-state index in [1.807, 2.05) is 18.2 Å². The van der Waals surface area contributed by atoms with E-state index in [1.54, 1.807) is 44.7 Å². The van der Waals surface area contributed by atoms with Crippen molar-refractivity contribution in [3.63, 3.8) is 0 Å². The Morgan fingerprint density at radius 1 is 0.875 bits per heavy atom. The van der Waals surface area contributed by atoms with Crippen LogP contribution in [-0.4, -0.2) is 43.1 Å². The second-order valence-electron chi connectivity index (χ2n) is 6.53. The Balaban J connectivity index is 1.72. The van der Waals surface area contributed by atoms with Gasteiger partial charge in [-0.3, -0.25) is 0 Å². The van der Waals surface area contributed by atoms with Gasteiger partial charge in [-0.1, -0.05) is 11.2 Å². The van der Waals surface area contributed by atoms with Crippen molar-refractivity contribution in [2.75, 3.05) is 33.2 Å². The monoisotopic (exact) mass is 455 g/mol. The molecule has 1 N–H and O–H groups in total. The molecule has 0 saturated heterocycles. The molecule has 2 aromatic heterocycles. The SMILES string of the molecule is COc1ccc(-c2cc(OC)c3c(N[S+]([O-])c4c(OC)cccc4OC)noc3c2)cn1. The Morgan fingerprint density at radius 3 is 2.19 bits per heavy atom. The summed E-state index contributed by atoms with van der Waals surface area (Å²) in [5.74, 6) is 2.12. The van der Waals surface area contributed by atoms with Crippen LogP contribution in [0.25, 0.3) is 22.1 Å². The molecule has 10 heteroatoms. The molecular formula is C22H21N3O6S. The summed E-state index contributed by atoms with van der Waals surface area (Å²) in [4.78, 5) is 4.59. The molecule has 32 heavy (non-hydrogen) atoms. The van der Waals surface area contributed by atoms with Crippen molar-refractivity contribution in [1.82, 2.24) is 10.1 Å². The number of nitrogens with zero attached hydrogens (tertiary/aromatic N) is 2. The third-order valence-electron chi connectivity index (χ3n) is 4.79. The van der Waals surface area contributed by atoms with Gasteiger partial charge in [-0.15, -0.1) is 0 Å². The zero-order valence-corrected chi connectivity index (χ0v) is 18.7. The first-order valence-electron chi connectivity index (χ1n) is 9.46. The zero-order valence-electron chi connectivity index (χ0n) is 17.9. The Labute approximate surface area is 187 Å². The van der Waals surface area contributed by atoms with Gasteiger partial charge in [0.25, 0.3) is 4.90 Å². The number of benzene rings is 2. The van der Waals surface area contributed by atoms with Crippen LogP contribution < -0.4 is 23.7 Å². The van der Waals surface area contributed by atoms with Crippen molar-refractivity contribution < 1.29 is 28.0 Å². The first-order chi connectivity index (χ1) is 15.6. The largest absolute Gasteiger partial charge is 0.588 e. The normalized spacial score (nSPS) is 11.8. The van der Waals surface area contributed by atoms with Crippen LogP contribution in [0.5, 0.6) is 23.1 Å². The van der Waals surface area contributed by atoms with Crippen LogP contribution in [0.15, 0.2) is 58.1 Å². The van der Waals surface area contributed by atoms with Gasteiger partial charge in [0, 0.05) is 17.8 Å². The van der Waals surface area contributed by atoms with E-state index in [-0.39, 0.29) is 5.82 Å². The van der Waals surface area contributed by atoms with Gasteiger partial charge < -0.3 is 28.0 Å². The molecule has 1 unspecified atom stereocenters. The Bertz CT molecular complexity index is 1210. The summed E-state index contributed by atoms with van der Waals surface area (Å²) in [5.41, 5.74) is 2.13. The van der Waals surface area contributed by atoms with E-state index < -0.39 is 11.4 Å². The van der Waals surface area contributed by atoms with Crippen molar-refractivity contribution in [1.29, 1.82) is 0 Å². The highest BCUT2D eigenvalue weighted by Crippen LogP contribution is 2.39. The summed E-state index contributed by atoms with van der Waals surface area (Å²) in [6.45, 7) is 0. The molecule has 0 radical (unpaired) electrons. The van der Waals surface area contributed by atoms with Crippen LogP contribution in [0, 0.1) is 0 Å². The van der Waals surface area contributed by atoms with E-state index in [1.165, 1.54) is 14.2 Å². The fraction of sp³-hybridized carbons (Fsp3) is 0.182. The minimum atomic E-state index is -1.75. The van der Waals surface area contributed by atoms with E-state index in [0.29, 0.717) is 39.0 Å². The van der Waals surface area contributed by atoms with Crippen LogP contribution in [-0.2, 0) is 11.4 Å². The van der Waals surface area contributed by atoms with Gasteiger partial charge in [0.1, 0.15) is 22.5 Å². The average Bonchev–Trinajstić information content (AvgIpc) is 3.25. The van der Waals surface area contributed by atoms with Crippen molar-refractivity contribution in [2.24, 2.45) is 0 Å². The van der Waals surface area contributed by atoms with Gasteiger partial charge in [-0.05, 0) is 35.9 Å². The molecule has 4 aromatic rings. The number of ether oxygens (including phenoxy) is 4. The van der Waals surface area contributed by atoms with Gasteiger partial charge >= 0.3 is 0 Å².